The van der Waals surface area contributed by atoms with Crippen molar-refractivity contribution < 1.29 is 43.0 Å². The van der Waals surface area contributed by atoms with Crippen molar-refractivity contribution in [2.45, 2.75) is 142 Å². The molecule has 9 nitrogen and oxygen atoms in total. The van der Waals surface area contributed by atoms with E-state index in [9.17, 15) is 19.4 Å². The van der Waals surface area contributed by atoms with Crippen molar-refractivity contribution in [3.8, 4) is 0 Å². The predicted molar refractivity (Wildman–Crippen MR) is 196 cm³/mol. The molecule has 0 aromatic rings. The summed E-state index contributed by atoms with van der Waals surface area (Å²) in [5.74, 6) is -0.412. The number of carbonyl (C=O) groups excluding carboxylic acids is 1. The van der Waals surface area contributed by atoms with Crippen LogP contribution in [0.3, 0.4) is 0 Å². The number of aliphatic hydroxyl groups is 2. The molecule has 10 heteroatoms. The summed E-state index contributed by atoms with van der Waals surface area (Å²) in [5.41, 5.74) is 0. The Kier molecular flexibility index (Phi) is 33.7. The lowest BCUT2D eigenvalue weighted by atomic mass is 10.1. The van der Waals surface area contributed by atoms with Crippen LogP contribution in [-0.4, -0.2) is 66.3 Å². The molecule has 48 heavy (non-hydrogen) atoms. The first-order valence-electron chi connectivity index (χ1n) is 18.3. The van der Waals surface area contributed by atoms with E-state index in [1.807, 2.05) is 6.08 Å². The summed E-state index contributed by atoms with van der Waals surface area (Å²) in [7, 11) is -4.53. The number of hydrogen-bond donors (Lipinski definition) is 3. The number of carbonyl (C=O) groups is 1. The van der Waals surface area contributed by atoms with E-state index < -0.39 is 45.8 Å². The molecule has 3 N–H and O–H groups in total. The summed E-state index contributed by atoms with van der Waals surface area (Å²) in [6.45, 7) is 3.14. The van der Waals surface area contributed by atoms with Gasteiger partial charge in [0.15, 0.2) is 0 Å². The Morgan fingerprint density at radius 3 is 1.67 bits per heavy atom. The van der Waals surface area contributed by atoms with Gasteiger partial charge in [-0.2, -0.15) is 0 Å². The first-order chi connectivity index (χ1) is 23.3. The molecule has 0 aliphatic heterocycles. The summed E-state index contributed by atoms with van der Waals surface area (Å²) in [6, 6.07) is 0. The van der Waals surface area contributed by atoms with Crippen LogP contribution in [-0.2, 0) is 27.9 Å². The number of hydrogen-bond acceptors (Lipinski definition) is 8. The predicted octanol–water partition coefficient (Wildman–Crippen LogP) is 9.24. The van der Waals surface area contributed by atoms with E-state index in [4.69, 9.17) is 23.6 Å². The fourth-order valence-corrected chi connectivity index (χ4v) is 5.27. The molecule has 0 saturated carbocycles. The second-order valence-corrected chi connectivity index (χ2v) is 13.3. The van der Waals surface area contributed by atoms with Crippen molar-refractivity contribution in [3.63, 3.8) is 0 Å². The number of phosphoric acid groups is 1. The summed E-state index contributed by atoms with van der Waals surface area (Å²) in [6.07, 6.45) is 37.7. The first kappa shape index (κ1) is 46.2. The van der Waals surface area contributed by atoms with Crippen molar-refractivity contribution in [1.29, 1.82) is 0 Å². The Labute approximate surface area is 291 Å². The van der Waals surface area contributed by atoms with Crippen molar-refractivity contribution >= 4 is 13.8 Å². The number of ether oxygens (including phenoxy) is 2. The van der Waals surface area contributed by atoms with Gasteiger partial charge in [0.05, 0.1) is 33.0 Å². The van der Waals surface area contributed by atoms with E-state index in [0.717, 1.165) is 44.9 Å². The molecule has 3 atom stereocenters. The minimum absolute atomic E-state index is 0.00598. The molecule has 0 aromatic carbocycles. The number of allylic oxidation sites excluding steroid dienone is 9. The van der Waals surface area contributed by atoms with Crippen molar-refractivity contribution in [3.05, 3.63) is 60.8 Å². The zero-order valence-electron chi connectivity index (χ0n) is 29.9. The third-order valence-electron chi connectivity index (χ3n) is 7.24. The molecule has 0 aromatic heterocycles. The summed E-state index contributed by atoms with van der Waals surface area (Å²) in [5, 5.41) is 18.3. The normalized spacial score (nSPS) is 15.0. The Morgan fingerprint density at radius 1 is 0.667 bits per heavy atom. The fourth-order valence-electron chi connectivity index (χ4n) is 4.48. The number of rotatable bonds is 34. The SMILES string of the molecule is CC/C=C\C/C=C\C/C=C\C/C=C\C/C=C\CCOCC(COP(=O)(O)OCC(O)CO)OC(=O)CCCCCCCCCCCCC. The minimum atomic E-state index is -4.53. The van der Waals surface area contributed by atoms with E-state index >= 15 is 0 Å². The molecule has 0 amide bonds. The van der Waals surface area contributed by atoms with Gasteiger partial charge in [0.1, 0.15) is 12.2 Å². The molecule has 0 radical (unpaired) electrons. The number of aliphatic hydroxyl groups excluding tert-OH is 2. The monoisotopic (exact) mass is 698 g/mol. The van der Waals surface area contributed by atoms with Gasteiger partial charge in [0.2, 0.25) is 0 Å². The largest absolute Gasteiger partial charge is 0.472 e. The maximum atomic E-state index is 12.5. The average molecular weight is 699 g/mol. The zero-order valence-corrected chi connectivity index (χ0v) is 30.8. The zero-order chi connectivity index (χ0) is 35.4. The van der Waals surface area contributed by atoms with Gasteiger partial charge in [-0.25, -0.2) is 4.57 Å². The lowest BCUT2D eigenvalue weighted by molar-refractivity contribution is -0.154. The van der Waals surface area contributed by atoms with Crippen LogP contribution in [0.5, 0.6) is 0 Å². The second-order valence-electron chi connectivity index (χ2n) is 11.9. The number of esters is 1. The van der Waals surface area contributed by atoms with Crippen LogP contribution >= 0.6 is 7.82 Å². The van der Waals surface area contributed by atoms with Crippen molar-refractivity contribution in [2.75, 3.05) is 33.0 Å². The molecule has 0 rings (SSSR count). The highest BCUT2D eigenvalue weighted by molar-refractivity contribution is 7.47. The smallest absolute Gasteiger partial charge is 0.457 e. The van der Waals surface area contributed by atoms with Crippen molar-refractivity contribution in [2.24, 2.45) is 0 Å². The maximum absolute atomic E-state index is 12.5. The van der Waals surface area contributed by atoms with Gasteiger partial charge in [-0.3, -0.25) is 13.8 Å². The molecular weight excluding hydrogens is 631 g/mol. The van der Waals surface area contributed by atoms with Crippen LogP contribution < -0.4 is 0 Å². The minimum Gasteiger partial charge on any atom is -0.457 e. The lowest BCUT2D eigenvalue weighted by Crippen LogP contribution is -2.29. The van der Waals surface area contributed by atoms with Crippen LogP contribution in [0, 0.1) is 0 Å². The van der Waals surface area contributed by atoms with Crippen LogP contribution in [0.4, 0.5) is 0 Å². The highest BCUT2D eigenvalue weighted by atomic mass is 31.2. The number of unbranched alkanes of at least 4 members (excludes halogenated alkanes) is 10. The molecule has 0 aliphatic rings. The molecule has 0 fully saturated rings. The van der Waals surface area contributed by atoms with Crippen LogP contribution in [0.1, 0.15) is 129 Å². The van der Waals surface area contributed by atoms with Gasteiger partial charge in [0, 0.05) is 6.42 Å². The van der Waals surface area contributed by atoms with Gasteiger partial charge >= 0.3 is 13.8 Å². The standard InChI is InChI=1S/C38H67O9P/c1-3-5-7-9-11-13-15-16-17-18-19-21-23-25-27-29-31-44-34-37(35-46-48(42,43)45-33-36(40)32-39)47-38(41)30-28-26-24-22-20-14-12-10-8-6-4-2/h5,7,11,13,16-17,19,21,25,27,36-37,39-40H,3-4,6,8-10,12,14-15,18,20,22-24,26,28-35H2,1-2H3,(H,42,43)/b7-5-,13-11-,17-16-,21-19-,27-25-. The molecule has 0 bridgehead atoms. The Bertz CT molecular complexity index is 929. The maximum Gasteiger partial charge on any atom is 0.472 e. The summed E-state index contributed by atoms with van der Waals surface area (Å²) >= 11 is 0. The molecule has 0 heterocycles. The Balaban J connectivity index is 4.39. The van der Waals surface area contributed by atoms with Crippen LogP contribution in [0.15, 0.2) is 60.8 Å². The summed E-state index contributed by atoms with van der Waals surface area (Å²) in [4.78, 5) is 22.4. The molecular formula is C38H67O9P. The van der Waals surface area contributed by atoms with E-state index in [2.05, 4.69) is 68.5 Å². The van der Waals surface area contributed by atoms with E-state index in [1.165, 1.54) is 51.4 Å². The first-order valence-corrected chi connectivity index (χ1v) is 19.8. The Hall–Kier alpha value is -1.84. The third-order valence-corrected chi connectivity index (χ3v) is 8.19. The van der Waals surface area contributed by atoms with E-state index in [1.54, 1.807) is 0 Å². The second kappa shape index (κ2) is 35.0. The number of phosphoric ester groups is 1. The quantitative estimate of drug-likeness (QED) is 0.0260. The third kappa shape index (κ3) is 34.0. The molecule has 0 saturated heterocycles. The van der Waals surface area contributed by atoms with Gasteiger partial charge in [-0.15, -0.1) is 0 Å². The van der Waals surface area contributed by atoms with Gasteiger partial charge < -0.3 is 24.6 Å². The lowest BCUT2D eigenvalue weighted by Gasteiger charge is -2.20. The van der Waals surface area contributed by atoms with Gasteiger partial charge in [-0.1, -0.05) is 139 Å². The molecule has 3 unspecified atom stereocenters. The highest BCUT2D eigenvalue weighted by Crippen LogP contribution is 2.43. The molecule has 278 valence electrons. The van der Waals surface area contributed by atoms with Crippen molar-refractivity contribution in [1.82, 2.24) is 0 Å². The van der Waals surface area contributed by atoms with Crippen LogP contribution in [0.2, 0.25) is 0 Å². The van der Waals surface area contributed by atoms with E-state index in [-0.39, 0.29) is 13.0 Å². The molecule has 0 aliphatic carbocycles. The van der Waals surface area contributed by atoms with Crippen LogP contribution in [0.25, 0.3) is 0 Å². The molecule has 0 spiro atoms. The highest BCUT2D eigenvalue weighted by Gasteiger charge is 2.26. The van der Waals surface area contributed by atoms with E-state index in [0.29, 0.717) is 19.4 Å². The topological polar surface area (TPSA) is 132 Å². The Morgan fingerprint density at radius 2 is 1.15 bits per heavy atom. The average Bonchev–Trinajstić information content (AvgIpc) is 3.07. The fraction of sp³-hybridized carbons (Fsp3) is 0.711. The summed E-state index contributed by atoms with van der Waals surface area (Å²) < 4.78 is 33.0. The van der Waals surface area contributed by atoms with Gasteiger partial charge in [-0.05, 0) is 44.9 Å². The van der Waals surface area contributed by atoms with Gasteiger partial charge in [0.25, 0.3) is 0 Å².